The van der Waals surface area contributed by atoms with E-state index in [9.17, 15) is 14.4 Å². The summed E-state index contributed by atoms with van der Waals surface area (Å²) in [7, 11) is -5.00. The summed E-state index contributed by atoms with van der Waals surface area (Å²) in [6.07, 6.45) is 2.56. The zero-order valence-electron chi connectivity index (χ0n) is 7.73. The van der Waals surface area contributed by atoms with Crippen LogP contribution in [0.15, 0.2) is 27.5 Å². The standard InChI is InChI=1S/C7H7N2O6P/c10-16(11,12)14-4-5-3-13-7(9-5)6-1-2-8-15-6/h1-3H,4H2,(H2,10,11,12)/p-2. The van der Waals surface area contributed by atoms with Crippen LogP contribution in [0.4, 0.5) is 0 Å². The molecule has 2 rings (SSSR count). The van der Waals surface area contributed by atoms with Crippen LogP contribution < -0.4 is 9.79 Å². The molecule has 0 fully saturated rings. The molecule has 0 unspecified atom stereocenters. The van der Waals surface area contributed by atoms with Crippen molar-refractivity contribution in [2.75, 3.05) is 0 Å². The largest absolute Gasteiger partial charge is 0.790 e. The van der Waals surface area contributed by atoms with Gasteiger partial charge in [0.15, 0.2) is 0 Å². The second-order valence-corrected chi connectivity index (χ2v) is 3.89. The predicted molar refractivity (Wildman–Crippen MR) is 44.4 cm³/mol. The molecule has 0 atom stereocenters. The Balaban J connectivity index is 2.06. The summed E-state index contributed by atoms with van der Waals surface area (Å²) in [6.45, 7) is -0.470. The summed E-state index contributed by atoms with van der Waals surface area (Å²) < 4.78 is 23.9. The van der Waals surface area contributed by atoms with Crippen molar-refractivity contribution in [2.24, 2.45) is 0 Å². The van der Waals surface area contributed by atoms with Crippen LogP contribution in [0.2, 0.25) is 0 Å². The molecule has 2 heterocycles. The van der Waals surface area contributed by atoms with Crippen LogP contribution in [0.1, 0.15) is 5.69 Å². The maximum absolute atomic E-state index is 10.2. The minimum atomic E-state index is -5.00. The van der Waals surface area contributed by atoms with Gasteiger partial charge in [0.05, 0.1) is 20.6 Å². The Morgan fingerprint density at radius 2 is 2.31 bits per heavy atom. The molecule has 2 aromatic heterocycles. The Hall–Kier alpha value is -1.47. The molecular formula is C7H5N2O6P-2. The van der Waals surface area contributed by atoms with Crippen molar-refractivity contribution in [3.63, 3.8) is 0 Å². The third-order valence-corrected chi connectivity index (χ3v) is 2.02. The Kier molecular flexibility index (Phi) is 2.88. The summed E-state index contributed by atoms with van der Waals surface area (Å²) in [5.74, 6) is 0.418. The molecule has 2 aromatic rings. The number of oxazole rings is 1. The fourth-order valence-corrected chi connectivity index (χ4v) is 1.25. The lowest BCUT2D eigenvalue weighted by molar-refractivity contribution is -0.342. The number of nitrogens with zero attached hydrogens (tertiary/aromatic N) is 2. The van der Waals surface area contributed by atoms with E-state index < -0.39 is 14.4 Å². The van der Waals surface area contributed by atoms with Crippen molar-refractivity contribution < 1.29 is 27.8 Å². The highest BCUT2D eigenvalue weighted by molar-refractivity contribution is 7.43. The van der Waals surface area contributed by atoms with Crippen molar-refractivity contribution in [3.8, 4) is 11.7 Å². The molecule has 16 heavy (non-hydrogen) atoms. The second-order valence-electron chi connectivity index (χ2n) is 2.74. The Morgan fingerprint density at radius 3 is 2.94 bits per heavy atom. The van der Waals surface area contributed by atoms with Crippen LogP contribution >= 0.6 is 7.82 Å². The molecule has 0 spiro atoms. The van der Waals surface area contributed by atoms with Gasteiger partial charge >= 0.3 is 0 Å². The zero-order valence-corrected chi connectivity index (χ0v) is 8.62. The highest BCUT2D eigenvalue weighted by Crippen LogP contribution is 2.27. The van der Waals surface area contributed by atoms with E-state index in [1.807, 2.05) is 0 Å². The van der Waals surface area contributed by atoms with E-state index in [1.54, 1.807) is 0 Å². The molecule has 0 bridgehead atoms. The Bertz CT molecular complexity index is 501. The van der Waals surface area contributed by atoms with Gasteiger partial charge in [-0.05, 0) is 0 Å². The van der Waals surface area contributed by atoms with E-state index in [0.29, 0.717) is 5.76 Å². The first kappa shape index (κ1) is 11.0. The number of phosphoric ester groups is 1. The van der Waals surface area contributed by atoms with Crippen molar-refractivity contribution in [3.05, 3.63) is 24.2 Å². The number of hydrogen-bond donors (Lipinski definition) is 0. The third kappa shape index (κ3) is 2.77. The molecule has 0 aliphatic heterocycles. The van der Waals surface area contributed by atoms with Crippen molar-refractivity contribution in [1.29, 1.82) is 0 Å². The zero-order chi connectivity index (χ0) is 11.6. The van der Waals surface area contributed by atoms with Crippen LogP contribution in [0, 0.1) is 0 Å². The minimum absolute atomic E-state index is 0.128. The van der Waals surface area contributed by atoms with E-state index in [1.165, 1.54) is 12.3 Å². The molecule has 0 N–H and O–H groups in total. The number of aromatic nitrogens is 2. The summed E-state index contributed by atoms with van der Waals surface area (Å²) in [5, 5.41) is 3.44. The van der Waals surface area contributed by atoms with E-state index in [0.717, 1.165) is 6.26 Å². The quantitative estimate of drug-likeness (QED) is 0.669. The van der Waals surface area contributed by atoms with Crippen molar-refractivity contribution >= 4 is 7.82 Å². The van der Waals surface area contributed by atoms with Crippen LogP contribution in [-0.2, 0) is 15.7 Å². The lowest BCUT2D eigenvalue weighted by atomic mass is 10.4. The van der Waals surface area contributed by atoms with Gasteiger partial charge < -0.3 is 27.8 Å². The normalized spacial score (nSPS) is 11.9. The number of hydrogen-bond acceptors (Lipinski definition) is 8. The van der Waals surface area contributed by atoms with Gasteiger partial charge in [0.25, 0.3) is 5.89 Å². The van der Waals surface area contributed by atoms with Gasteiger partial charge in [0, 0.05) is 6.07 Å². The topological polar surface area (TPSA) is 124 Å². The minimum Gasteiger partial charge on any atom is -0.790 e. The summed E-state index contributed by atoms with van der Waals surface area (Å²) in [5.41, 5.74) is 0.165. The van der Waals surface area contributed by atoms with Crippen LogP contribution in [0.25, 0.3) is 11.7 Å². The Morgan fingerprint density at radius 1 is 1.50 bits per heavy atom. The van der Waals surface area contributed by atoms with E-state index >= 15 is 0 Å². The highest BCUT2D eigenvalue weighted by Gasteiger charge is 2.10. The maximum atomic E-state index is 10.2. The van der Waals surface area contributed by atoms with E-state index in [2.05, 4.69) is 14.7 Å². The molecule has 0 aliphatic rings. The fourth-order valence-electron chi connectivity index (χ4n) is 0.958. The van der Waals surface area contributed by atoms with Crippen LogP contribution in [0.3, 0.4) is 0 Å². The molecule has 0 aliphatic carbocycles. The first-order valence-corrected chi connectivity index (χ1v) is 5.53. The lowest BCUT2D eigenvalue weighted by Crippen LogP contribution is -2.16. The van der Waals surface area contributed by atoms with Gasteiger partial charge in [0.1, 0.15) is 12.0 Å². The number of phosphoric acid groups is 1. The molecule has 0 saturated carbocycles. The fraction of sp³-hybridized carbons (Fsp3) is 0.143. The maximum Gasteiger partial charge on any atom is 0.266 e. The Labute approximate surface area is 89.1 Å². The van der Waals surface area contributed by atoms with Gasteiger partial charge in [-0.2, -0.15) is 0 Å². The van der Waals surface area contributed by atoms with Gasteiger partial charge in [-0.1, -0.05) is 5.16 Å². The summed E-state index contributed by atoms with van der Waals surface area (Å²) in [6, 6.07) is 1.52. The van der Waals surface area contributed by atoms with Crippen molar-refractivity contribution in [2.45, 2.75) is 6.61 Å². The third-order valence-electron chi connectivity index (χ3n) is 1.57. The van der Waals surface area contributed by atoms with Crippen molar-refractivity contribution in [1.82, 2.24) is 10.1 Å². The molecule has 0 aromatic carbocycles. The molecule has 0 saturated heterocycles. The first-order valence-electron chi connectivity index (χ1n) is 4.07. The monoisotopic (exact) mass is 244 g/mol. The second kappa shape index (κ2) is 4.18. The summed E-state index contributed by atoms with van der Waals surface area (Å²) in [4.78, 5) is 24.2. The van der Waals surface area contributed by atoms with Gasteiger partial charge in [-0.3, -0.25) is 0 Å². The van der Waals surface area contributed by atoms with Gasteiger partial charge in [-0.25, -0.2) is 4.98 Å². The average molecular weight is 244 g/mol. The van der Waals surface area contributed by atoms with Crippen LogP contribution in [-0.4, -0.2) is 10.1 Å². The predicted octanol–water partition coefficient (Wildman–Crippen LogP) is -0.325. The van der Waals surface area contributed by atoms with Crippen LogP contribution in [0.5, 0.6) is 0 Å². The lowest BCUT2D eigenvalue weighted by Gasteiger charge is -2.27. The summed E-state index contributed by atoms with van der Waals surface area (Å²) >= 11 is 0. The average Bonchev–Trinajstić information content (AvgIpc) is 2.84. The van der Waals surface area contributed by atoms with Gasteiger partial charge in [0.2, 0.25) is 5.76 Å². The SMILES string of the molecule is O=P([O-])([O-])OCc1coc(-c2ccno2)n1. The highest BCUT2D eigenvalue weighted by atomic mass is 31.2. The van der Waals surface area contributed by atoms with Gasteiger partial charge in [-0.15, -0.1) is 0 Å². The van der Waals surface area contributed by atoms with E-state index in [-0.39, 0.29) is 11.6 Å². The molecule has 8 nitrogen and oxygen atoms in total. The smallest absolute Gasteiger partial charge is 0.266 e. The first-order chi connectivity index (χ1) is 7.54. The molecular weight excluding hydrogens is 239 g/mol. The molecule has 9 heteroatoms. The molecule has 0 radical (unpaired) electrons. The number of rotatable bonds is 4. The van der Waals surface area contributed by atoms with E-state index in [4.69, 9.17) is 8.94 Å². The molecule has 86 valence electrons. The molecule has 0 amide bonds.